The lowest BCUT2D eigenvalue weighted by atomic mass is 9.86. The molecule has 0 saturated heterocycles. The highest BCUT2D eigenvalue weighted by molar-refractivity contribution is 5.86. The molecular formula is C26H24FNO4. The number of carbonyl (C=O) groups excluding carboxylic acids is 1. The highest BCUT2D eigenvalue weighted by atomic mass is 19.1. The van der Waals surface area contributed by atoms with Gasteiger partial charge in [-0.15, -0.1) is 0 Å². The van der Waals surface area contributed by atoms with Crippen LogP contribution in [-0.2, 0) is 15.1 Å². The van der Waals surface area contributed by atoms with E-state index in [1.807, 2.05) is 48.5 Å². The normalized spacial score (nSPS) is 14.2. The summed E-state index contributed by atoms with van der Waals surface area (Å²) in [6.07, 6.45) is -0.729. The topological polar surface area (TPSA) is 66.8 Å². The van der Waals surface area contributed by atoms with Crippen molar-refractivity contribution in [2.45, 2.75) is 24.8 Å². The van der Waals surface area contributed by atoms with Crippen molar-refractivity contribution >= 4 is 12.1 Å². The van der Waals surface area contributed by atoms with E-state index in [0.29, 0.717) is 0 Å². The standard InChI is InChI=1S/C26H24FNO4/c1-3-26(24(29)30,17-9-8-10-18(27)15-17)28(2)25(31)32-16-23-21-13-6-4-11-19(21)20-12-5-7-14-22(20)23/h4-15,23H,3,16H2,1-2H3,(H,29,30). The van der Waals surface area contributed by atoms with Gasteiger partial charge in [-0.1, -0.05) is 67.6 Å². The average Bonchev–Trinajstić information content (AvgIpc) is 3.12. The van der Waals surface area contributed by atoms with E-state index in [2.05, 4.69) is 0 Å². The monoisotopic (exact) mass is 433 g/mol. The van der Waals surface area contributed by atoms with Gasteiger partial charge in [-0.2, -0.15) is 0 Å². The van der Waals surface area contributed by atoms with Gasteiger partial charge in [0.25, 0.3) is 0 Å². The molecule has 0 aliphatic heterocycles. The maximum atomic E-state index is 13.9. The number of hydrogen-bond donors (Lipinski definition) is 1. The maximum absolute atomic E-state index is 13.9. The van der Waals surface area contributed by atoms with Crippen molar-refractivity contribution in [2.75, 3.05) is 13.7 Å². The first-order chi connectivity index (χ1) is 15.4. The molecule has 6 heteroatoms. The van der Waals surface area contributed by atoms with Gasteiger partial charge in [0.1, 0.15) is 12.4 Å². The summed E-state index contributed by atoms with van der Waals surface area (Å²) < 4.78 is 19.5. The molecule has 0 heterocycles. The summed E-state index contributed by atoms with van der Waals surface area (Å²) in [6, 6.07) is 21.3. The Morgan fingerprint density at radius 1 is 1.00 bits per heavy atom. The molecule has 32 heavy (non-hydrogen) atoms. The number of rotatable bonds is 6. The van der Waals surface area contributed by atoms with Gasteiger partial charge in [0.2, 0.25) is 0 Å². The highest BCUT2D eigenvalue weighted by Crippen LogP contribution is 2.44. The molecule has 0 fully saturated rings. The maximum Gasteiger partial charge on any atom is 0.410 e. The number of benzene rings is 3. The van der Waals surface area contributed by atoms with E-state index in [-0.39, 0.29) is 24.5 Å². The molecule has 3 aromatic rings. The number of likely N-dealkylation sites (N-methyl/N-ethyl adjacent to an activating group) is 1. The Bertz CT molecular complexity index is 1130. The predicted octanol–water partition coefficient (Wildman–Crippen LogP) is 5.40. The lowest BCUT2D eigenvalue weighted by molar-refractivity contribution is -0.151. The Hall–Kier alpha value is -3.67. The Morgan fingerprint density at radius 3 is 2.12 bits per heavy atom. The minimum atomic E-state index is -1.75. The lowest BCUT2D eigenvalue weighted by Gasteiger charge is -2.37. The molecule has 3 aromatic carbocycles. The van der Waals surface area contributed by atoms with Crippen LogP contribution in [0.4, 0.5) is 9.18 Å². The molecule has 4 rings (SSSR count). The Morgan fingerprint density at radius 2 is 1.59 bits per heavy atom. The molecule has 0 bridgehead atoms. The van der Waals surface area contributed by atoms with Crippen molar-refractivity contribution < 1.29 is 23.8 Å². The SMILES string of the molecule is CCC(C(=O)O)(c1cccc(F)c1)N(C)C(=O)OCC1c2ccccc2-c2ccccc21. The summed E-state index contributed by atoms with van der Waals surface area (Å²) in [5.41, 5.74) is 2.77. The van der Waals surface area contributed by atoms with Crippen molar-refractivity contribution in [3.63, 3.8) is 0 Å². The first-order valence-corrected chi connectivity index (χ1v) is 10.5. The zero-order valence-corrected chi connectivity index (χ0v) is 17.9. The van der Waals surface area contributed by atoms with Crippen molar-refractivity contribution in [2.24, 2.45) is 0 Å². The Kier molecular flexibility index (Phi) is 5.70. The molecule has 164 valence electrons. The summed E-state index contributed by atoms with van der Waals surface area (Å²) >= 11 is 0. The quantitative estimate of drug-likeness (QED) is 0.566. The van der Waals surface area contributed by atoms with E-state index in [4.69, 9.17) is 4.74 Å². The van der Waals surface area contributed by atoms with Gasteiger partial charge in [-0.05, 0) is 46.4 Å². The minimum absolute atomic E-state index is 0.0481. The van der Waals surface area contributed by atoms with E-state index in [1.54, 1.807) is 6.92 Å². The first kappa shape index (κ1) is 21.6. The molecule has 0 spiro atoms. The van der Waals surface area contributed by atoms with Gasteiger partial charge in [0.05, 0.1) is 0 Å². The number of carboxylic acid groups (broad SMARTS) is 1. The number of hydrogen-bond acceptors (Lipinski definition) is 3. The number of aliphatic carboxylic acids is 1. The second-order valence-electron chi connectivity index (χ2n) is 7.89. The predicted molar refractivity (Wildman–Crippen MR) is 119 cm³/mol. The molecule has 0 saturated carbocycles. The fourth-order valence-electron chi connectivity index (χ4n) is 4.65. The third-order valence-electron chi connectivity index (χ3n) is 6.35. The smallest absolute Gasteiger partial charge is 0.410 e. The molecule has 1 unspecified atom stereocenters. The molecule has 0 aromatic heterocycles. The fourth-order valence-corrected chi connectivity index (χ4v) is 4.65. The van der Waals surface area contributed by atoms with Crippen molar-refractivity contribution in [1.82, 2.24) is 4.90 Å². The van der Waals surface area contributed by atoms with Crippen LogP contribution in [0, 0.1) is 5.82 Å². The molecule has 0 radical (unpaired) electrons. The van der Waals surface area contributed by atoms with Gasteiger partial charge in [-0.3, -0.25) is 4.90 Å². The molecule has 1 aliphatic carbocycles. The van der Waals surface area contributed by atoms with Crippen LogP contribution in [0.15, 0.2) is 72.8 Å². The summed E-state index contributed by atoms with van der Waals surface area (Å²) in [5, 5.41) is 10.1. The third kappa shape index (κ3) is 3.42. The third-order valence-corrected chi connectivity index (χ3v) is 6.35. The van der Waals surface area contributed by atoms with Crippen molar-refractivity contribution in [3.05, 3.63) is 95.3 Å². The average molecular weight is 433 g/mol. The number of amides is 1. The number of carbonyl (C=O) groups is 2. The van der Waals surface area contributed by atoms with Crippen LogP contribution in [0.3, 0.4) is 0 Å². The molecule has 1 aliphatic rings. The minimum Gasteiger partial charge on any atom is -0.479 e. The number of halogens is 1. The zero-order chi connectivity index (χ0) is 22.9. The molecule has 5 nitrogen and oxygen atoms in total. The summed E-state index contributed by atoms with van der Waals surface area (Å²) in [5.74, 6) is -1.96. The number of ether oxygens (including phenoxy) is 1. The first-order valence-electron chi connectivity index (χ1n) is 10.5. The summed E-state index contributed by atoms with van der Waals surface area (Å²) in [4.78, 5) is 26.4. The van der Waals surface area contributed by atoms with E-state index >= 15 is 0 Å². The van der Waals surface area contributed by atoms with Crippen LogP contribution in [0.5, 0.6) is 0 Å². The molecule has 1 N–H and O–H groups in total. The number of nitrogens with zero attached hydrogens (tertiary/aromatic N) is 1. The van der Waals surface area contributed by atoms with Gasteiger partial charge in [-0.25, -0.2) is 14.0 Å². The van der Waals surface area contributed by atoms with Crippen LogP contribution in [-0.4, -0.2) is 35.7 Å². The van der Waals surface area contributed by atoms with Gasteiger partial charge >= 0.3 is 12.1 Å². The van der Waals surface area contributed by atoms with E-state index in [0.717, 1.165) is 33.2 Å². The lowest BCUT2D eigenvalue weighted by Crippen LogP contribution is -2.52. The zero-order valence-electron chi connectivity index (χ0n) is 17.9. The second-order valence-corrected chi connectivity index (χ2v) is 7.89. The van der Waals surface area contributed by atoms with Gasteiger partial charge < -0.3 is 9.84 Å². The van der Waals surface area contributed by atoms with Crippen LogP contribution >= 0.6 is 0 Å². The van der Waals surface area contributed by atoms with Crippen LogP contribution < -0.4 is 0 Å². The largest absolute Gasteiger partial charge is 0.479 e. The Labute approximate surface area is 186 Å². The molecular weight excluding hydrogens is 409 g/mol. The number of carboxylic acids is 1. The number of fused-ring (bicyclic) bond motifs is 3. The summed E-state index contributed by atoms with van der Waals surface area (Å²) in [7, 11) is 1.38. The second kappa shape index (κ2) is 8.46. The van der Waals surface area contributed by atoms with Crippen LogP contribution in [0.1, 0.15) is 36.0 Å². The highest BCUT2D eigenvalue weighted by Gasteiger charge is 2.46. The van der Waals surface area contributed by atoms with E-state index < -0.39 is 23.4 Å². The van der Waals surface area contributed by atoms with Crippen molar-refractivity contribution in [3.8, 4) is 11.1 Å². The molecule has 1 amide bonds. The van der Waals surface area contributed by atoms with E-state index in [1.165, 1.54) is 25.2 Å². The fraction of sp³-hybridized carbons (Fsp3) is 0.231. The van der Waals surface area contributed by atoms with Gasteiger partial charge in [0, 0.05) is 13.0 Å². The molecule has 1 atom stereocenters. The van der Waals surface area contributed by atoms with Gasteiger partial charge in [0.15, 0.2) is 5.54 Å². The van der Waals surface area contributed by atoms with Crippen LogP contribution in [0.2, 0.25) is 0 Å². The Balaban J connectivity index is 1.60. The van der Waals surface area contributed by atoms with Crippen molar-refractivity contribution in [1.29, 1.82) is 0 Å². The summed E-state index contributed by atoms with van der Waals surface area (Å²) in [6.45, 7) is 1.71. The van der Waals surface area contributed by atoms with Crippen LogP contribution in [0.25, 0.3) is 11.1 Å². The van der Waals surface area contributed by atoms with E-state index in [9.17, 15) is 19.1 Å².